The summed E-state index contributed by atoms with van der Waals surface area (Å²) >= 11 is 2.01. The molecule has 10 heteroatoms. The van der Waals surface area contributed by atoms with Gasteiger partial charge in [-0.25, -0.2) is 4.98 Å². The highest BCUT2D eigenvalue weighted by molar-refractivity contribution is 8.00. The summed E-state index contributed by atoms with van der Waals surface area (Å²) in [6.07, 6.45) is -4.72. The van der Waals surface area contributed by atoms with E-state index in [-0.39, 0.29) is 16.5 Å². The summed E-state index contributed by atoms with van der Waals surface area (Å²) in [5.74, 6) is -0.120. The average Bonchev–Trinajstić information content (AvgIpc) is 3.26. The largest absolute Gasteiger partial charge is 0.497 e. The monoisotopic (exact) mass is 449 g/mol. The van der Waals surface area contributed by atoms with E-state index >= 15 is 0 Å². The average molecular weight is 449 g/mol. The highest BCUT2D eigenvalue weighted by Gasteiger charge is 2.36. The number of amides is 1. The van der Waals surface area contributed by atoms with Crippen LogP contribution in [0.15, 0.2) is 52.9 Å². The van der Waals surface area contributed by atoms with Gasteiger partial charge in [-0.15, -0.1) is 11.3 Å². The van der Waals surface area contributed by atoms with Gasteiger partial charge in [-0.1, -0.05) is 23.9 Å². The quantitative estimate of drug-likeness (QED) is 0.507. The van der Waals surface area contributed by atoms with Gasteiger partial charge in [-0.2, -0.15) is 18.4 Å². The van der Waals surface area contributed by atoms with Crippen molar-refractivity contribution >= 4 is 34.7 Å². The predicted octanol–water partition coefficient (Wildman–Crippen LogP) is 5.44. The molecular weight excluding hydrogens is 435 g/mol. The smallest absolute Gasteiger partial charge is 0.417 e. The van der Waals surface area contributed by atoms with Crippen molar-refractivity contribution in [2.24, 2.45) is 0 Å². The zero-order valence-electron chi connectivity index (χ0n) is 15.5. The van der Waals surface area contributed by atoms with Crippen LogP contribution >= 0.6 is 23.1 Å². The fourth-order valence-electron chi connectivity index (χ4n) is 2.54. The second kappa shape index (κ2) is 9.19. The van der Waals surface area contributed by atoms with Gasteiger partial charge in [-0.05, 0) is 29.6 Å². The van der Waals surface area contributed by atoms with Crippen LogP contribution in [0.2, 0.25) is 0 Å². The van der Waals surface area contributed by atoms with Gasteiger partial charge in [0, 0.05) is 11.8 Å². The lowest BCUT2D eigenvalue weighted by Crippen LogP contribution is -2.15. The molecule has 0 aliphatic rings. The Morgan fingerprint density at radius 1 is 1.30 bits per heavy atom. The molecule has 3 aromatic rings. The minimum Gasteiger partial charge on any atom is -0.497 e. The predicted molar refractivity (Wildman–Crippen MR) is 110 cm³/mol. The van der Waals surface area contributed by atoms with Gasteiger partial charge >= 0.3 is 6.18 Å². The Bertz CT molecular complexity index is 1090. The summed E-state index contributed by atoms with van der Waals surface area (Å²) in [4.78, 5) is 17.0. The van der Waals surface area contributed by atoms with Crippen LogP contribution in [-0.2, 0) is 11.0 Å². The lowest BCUT2D eigenvalue weighted by Gasteiger charge is -2.13. The number of thioether (sulfide) groups is 1. The van der Waals surface area contributed by atoms with E-state index in [1.54, 1.807) is 47.8 Å². The number of pyridine rings is 1. The zero-order valence-corrected chi connectivity index (χ0v) is 17.1. The summed E-state index contributed by atoms with van der Waals surface area (Å²) in [5.41, 5.74) is -1.08. The Labute approximate surface area is 178 Å². The van der Waals surface area contributed by atoms with Crippen molar-refractivity contribution < 1.29 is 22.7 Å². The second-order valence-electron chi connectivity index (χ2n) is 5.89. The van der Waals surface area contributed by atoms with Gasteiger partial charge < -0.3 is 10.1 Å². The first-order valence-electron chi connectivity index (χ1n) is 8.44. The number of anilines is 1. The highest BCUT2D eigenvalue weighted by atomic mass is 32.2. The molecule has 0 bridgehead atoms. The number of nitriles is 1. The Morgan fingerprint density at radius 2 is 2.10 bits per heavy atom. The summed E-state index contributed by atoms with van der Waals surface area (Å²) < 4.78 is 45.6. The molecule has 2 aromatic heterocycles. The number of carbonyl (C=O) groups excluding carboxylic acids is 1. The molecule has 0 unspecified atom stereocenters. The van der Waals surface area contributed by atoms with Crippen LogP contribution in [0.25, 0.3) is 10.6 Å². The molecule has 0 saturated heterocycles. The Hall–Kier alpha value is -3.03. The third-order valence-electron chi connectivity index (χ3n) is 3.87. The molecule has 0 aliphatic heterocycles. The fraction of sp³-hybridized carbons (Fsp3) is 0.150. The molecular formula is C20H14F3N3O2S2. The lowest BCUT2D eigenvalue weighted by molar-refractivity contribution is -0.138. The van der Waals surface area contributed by atoms with Crippen LogP contribution in [0.5, 0.6) is 5.75 Å². The van der Waals surface area contributed by atoms with Crippen molar-refractivity contribution in [1.29, 1.82) is 5.26 Å². The first-order chi connectivity index (χ1) is 14.3. The number of aromatic nitrogens is 1. The first-order valence-corrected chi connectivity index (χ1v) is 10.3. The van der Waals surface area contributed by atoms with Crippen molar-refractivity contribution in [2.75, 3.05) is 18.2 Å². The number of carbonyl (C=O) groups is 1. The number of halogens is 3. The van der Waals surface area contributed by atoms with E-state index in [2.05, 4.69) is 10.3 Å². The van der Waals surface area contributed by atoms with Gasteiger partial charge in [0.05, 0.1) is 34.6 Å². The zero-order chi connectivity index (χ0) is 21.7. The van der Waals surface area contributed by atoms with Gasteiger partial charge in [-0.3, -0.25) is 4.79 Å². The third kappa shape index (κ3) is 5.11. The van der Waals surface area contributed by atoms with Crippen LogP contribution < -0.4 is 10.1 Å². The maximum atomic E-state index is 13.5. The molecule has 3 rings (SSSR count). The number of rotatable bonds is 6. The Balaban J connectivity index is 1.86. The molecule has 154 valence electrons. The molecule has 0 radical (unpaired) electrons. The Morgan fingerprint density at radius 3 is 2.73 bits per heavy atom. The lowest BCUT2D eigenvalue weighted by atomic mass is 10.1. The van der Waals surface area contributed by atoms with Crippen molar-refractivity contribution in [2.45, 2.75) is 11.2 Å². The summed E-state index contributed by atoms with van der Waals surface area (Å²) in [6.45, 7) is 0. The van der Waals surface area contributed by atoms with E-state index in [9.17, 15) is 23.2 Å². The van der Waals surface area contributed by atoms with Crippen LogP contribution in [0, 0.1) is 11.3 Å². The second-order valence-corrected chi connectivity index (χ2v) is 7.80. The van der Waals surface area contributed by atoms with Gasteiger partial charge in [0.25, 0.3) is 0 Å². The van der Waals surface area contributed by atoms with E-state index in [0.29, 0.717) is 16.3 Å². The molecule has 0 atom stereocenters. The number of hydrogen-bond acceptors (Lipinski definition) is 6. The van der Waals surface area contributed by atoms with Gasteiger partial charge in [0.15, 0.2) is 0 Å². The van der Waals surface area contributed by atoms with E-state index in [0.717, 1.165) is 17.8 Å². The molecule has 5 nitrogen and oxygen atoms in total. The SMILES string of the molecule is COc1cccc(NC(=O)CSc2nc(-c3cccs3)cc(C(F)(F)F)c2C#N)c1. The number of hydrogen-bond donors (Lipinski definition) is 1. The maximum absolute atomic E-state index is 13.5. The fourth-order valence-corrected chi connectivity index (χ4v) is 4.03. The van der Waals surface area contributed by atoms with Crippen molar-refractivity contribution in [1.82, 2.24) is 4.98 Å². The third-order valence-corrected chi connectivity index (χ3v) is 5.74. The van der Waals surface area contributed by atoms with E-state index < -0.39 is 23.2 Å². The van der Waals surface area contributed by atoms with E-state index in [4.69, 9.17) is 4.74 Å². The minimum atomic E-state index is -4.72. The topological polar surface area (TPSA) is 75.0 Å². The molecule has 0 fully saturated rings. The van der Waals surface area contributed by atoms with Crippen molar-refractivity contribution in [3.8, 4) is 22.4 Å². The molecule has 0 saturated carbocycles. The van der Waals surface area contributed by atoms with Crippen LogP contribution in [0.3, 0.4) is 0 Å². The number of thiophene rings is 1. The number of alkyl halides is 3. The highest BCUT2D eigenvalue weighted by Crippen LogP contribution is 2.38. The molecule has 2 heterocycles. The minimum absolute atomic E-state index is 0.104. The molecule has 1 amide bonds. The van der Waals surface area contributed by atoms with E-state index in [1.807, 2.05) is 0 Å². The number of benzene rings is 1. The standard InChI is InChI=1S/C20H14F3N3O2S2/c1-28-13-5-2-4-12(8-13)25-18(27)11-30-19-14(10-24)15(20(21,22)23)9-16(26-19)17-6-3-7-29-17/h2-9H,11H2,1H3,(H,25,27). The van der Waals surface area contributed by atoms with Crippen LogP contribution in [-0.4, -0.2) is 23.8 Å². The molecule has 30 heavy (non-hydrogen) atoms. The molecule has 1 aromatic carbocycles. The number of nitrogens with one attached hydrogen (secondary N) is 1. The summed E-state index contributed by atoms with van der Waals surface area (Å²) in [7, 11) is 1.49. The maximum Gasteiger partial charge on any atom is 0.417 e. The van der Waals surface area contributed by atoms with Crippen LogP contribution in [0.1, 0.15) is 11.1 Å². The summed E-state index contributed by atoms with van der Waals surface area (Å²) in [5, 5.41) is 13.5. The van der Waals surface area contributed by atoms with Crippen molar-refractivity contribution in [3.05, 3.63) is 59.0 Å². The van der Waals surface area contributed by atoms with Gasteiger partial charge in [0.1, 0.15) is 16.8 Å². The van der Waals surface area contributed by atoms with Crippen molar-refractivity contribution in [3.63, 3.8) is 0 Å². The molecule has 0 aliphatic carbocycles. The molecule has 1 N–H and O–H groups in total. The Kier molecular flexibility index (Phi) is 6.64. The summed E-state index contributed by atoms with van der Waals surface area (Å²) in [6, 6.07) is 12.5. The van der Waals surface area contributed by atoms with Crippen LogP contribution in [0.4, 0.5) is 18.9 Å². The van der Waals surface area contributed by atoms with Gasteiger partial charge in [0.2, 0.25) is 5.91 Å². The molecule has 0 spiro atoms. The van der Waals surface area contributed by atoms with E-state index in [1.165, 1.54) is 18.4 Å². The number of methoxy groups -OCH3 is 1. The first kappa shape index (κ1) is 21.7. The number of ether oxygens (including phenoxy) is 1. The number of nitrogens with zero attached hydrogens (tertiary/aromatic N) is 2. The normalized spacial score (nSPS) is 11.0.